The normalized spacial score (nSPS) is 16.3. The molecule has 0 radical (unpaired) electrons. The number of nitrogens with zero attached hydrogens (tertiary/aromatic N) is 1. The van der Waals surface area contributed by atoms with Crippen molar-refractivity contribution in [3.05, 3.63) is 33.3 Å². The quantitative estimate of drug-likeness (QED) is 0.777. The molecule has 80 valence electrons. The van der Waals surface area contributed by atoms with Crippen LogP contribution in [0.25, 0.3) is 0 Å². The molecule has 1 aromatic rings. The summed E-state index contributed by atoms with van der Waals surface area (Å²) in [6.45, 7) is 3.84. The second-order valence-corrected chi connectivity index (χ2v) is 5.21. The summed E-state index contributed by atoms with van der Waals surface area (Å²) < 4.78 is 0.817. The lowest BCUT2D eigenvalue weighted by Crippen LogP contribution is -2.48. The van der Waals surface area contributed by atoms with Gasteiger partial charge in [-0.2, -0.15) is 0 Å². The molecule has 2 nitrogen and oxygen atoms in total. The number of carbonyl (C=O) groups excluding carboxylic acids is 1. The van der Waals surface area contributed by atoms with Gasteiger partial charge < -0.3 is 4.90 Å². The third-order valence-corrected chi connectivity index (χ3v) is 3.75. The minimum absolute atomic E-state index is 0.0718. The Kier molecular flexibility index (Phi) is 3.03. The van der Waals surface area contributed by atoms with Gasteiger partial charge in [-0.3, -0.25) is 4.79 Å². The Hall–Kier alpha value is -0.540. The van der Waals surface area contributed by atoms with Crippen molar-refractivity contribution < 1.29 is 4.79 Å². The number of amides is 1. The van der Waals surface area contributed by atoms with Gasteiger partial charge in [0.25, 0.3) is 5.91 Å². The van der Waals surface area contributed by atoms with E-state index in [9.17, 15) is 4.79 Å². The monoisotopic (exact) mass is 287 g/mol. The van der Waals surface area contributed by atoms with Gasteiger partial charge in [-0.05, 0) is 40.0 Å². The Balaban J connectivity index is 2.16. The summed E-state index contributed by atoms with van der Waals surface area (Å²) in [5.41, 5.74) is 0.662. The van der Waals surface area contributed by atoms with Crippen LogP contribution in [0, 0.1) is 5.92 Å². The van der Waals surface area contributed by atoms with E-state index in [0.29, 0.717) is 16.5 Å². The highest BCUT2D eigenvalue weighted by Crippen LogP contribution is 2.25. The smallest absolute Gasteiger partial charge is 0.253 e. The highest BCUT2D eigenvalue weighted by atomic mass is 79.9. The number of carbonyl (C=O) groups is 1. The zero-order chi connectivity index (χ0) is 11.0. The maximum Gasteiger partial charge on any atom is 0.253 e. The van der Waals surface area contributed by atoms with Gasteiger partial charge in [0.2, 0.25) is 0 Å². The molecule has 15 heavy (non-hydrogen) atoms. The van der Waals surface area contributed by atoms with Crippen LogP contribution in [-0.4, -0.2) is 23.9 Å². The largest absolute Gasteiger partial charge is 0.338 e. The van der Waals surface area contributed by atoms with Crippen LogP contribution < -0.4 is 0 Å². The second-order valence-electron chi connectivity index (χ2n) is 3.94. The molecular formula is C11H11BrClNO. The van der Waals surface area contributed by atoms with E-state index in [0.717, 1.165) is 17.6 Å². The van der Waals surface area contributed by atoms with Crippen molar-refractivity contribution in [2.24, 2.45) is 5.92 Å². The molecule has 0 aromatic heterocycles. The maximum atomic E-state index is 11.9. The highest BCUT2D eigenvalue weighted by molar-refractivity contribution is 9.10. The Bertz CT molecular complexity index is 402. The lowest BCUT2D eigenvalue weighted by molar-refractivity contribution is 0.0530. The summed E-state index contributed by atoms with van der Waals surface area (Å²) in [5, 5.41) is 0.578. The third kappa shape index (κ3) is 2.18. The van der Waals surface area contributed by atoms with Crippen molar-refractivity contribution in [1.82, 2.24) is 4.90 Å². The van der Waals surface area contributed by atoms with Gasteiger partial charge in [-0.25, -0.2) is 0 Å². The van der Waals surface area contributed by atoms with E-state index in [1.807, 2.05) is 4.90 Å². The molecule has 0 atom stereocenters. The molecule has 4 heteroatoms. The molecule has 0 spiro atoms. The summed E-state index contributed by atoms with van der Waals surface area (Å²) in [4.78, 5) is 13.7. The molecule has 0 aliphatic carbocycles. The van der Waals surface area contributed by atoms with Crippen molar-refractivity contribution in [1.29, 1.82) is 0 Å². The second kappa shape index (κ2) is 4.14. The first kappa shape index (κ1) is 11.0. The summed E-state index contributed by atoms with van der Waals surface area (Å²) in [6.07, 6.45) is 0. The van der Waals surface area contributed by atoms with Crippen molar-refractivity contribution in [3.8, 4) is 0 Å². The van der Waals surface area contributed by atoms with E-state index in [1.165, 1.54) is 0 Å². The lowest BCUT2D eigenvalue weighted by Gasteiger charge is -2.37. The Morgan fingerprint density at radius 3 is 2.73 bits per heavy atom. The SMILES string of the molecule is CC1CN(C(=O)c2ccc(Br)c(Cl)c2)C1. The van der Waals surface area contributed by atoms with Crippen molar-refractivity contribution in [2.45, 2.75) is 6.92 Å². The molecule has 1 saturated heterocycles. The number of benzene rings is 1. The third-order valence-electron chi connectivity index (χ3n) is 2.52. The number of hydrogen-bond donors (Lipinski definition) is 0. The standard InChI is InChI=1S/C11H11BrClNO/c1-7-5-14(6-7)11(15)8-2-3-9(12)10(13)4-8/h2-4,7H,5-6H2,1H3. The van der Waals surface area contributed by atoms with Gasteiger partial charge in [-0.15, -0.1) is 0 Å². The molecule has 1 aromatic carbocycles. The lowest BCUT2D eigenvalue weighted by atomic mass is 10.0. The van der Waals surface area contributed by atoms with Crippen molar-refractivity contribution in [2.75, 3.05) is 13.1 Å². The van der Waals surface area contributed by atoms with E-state index in [2.05, 4.69) is 22.9 Å². The van der Waals surface area contributed by atoms with Gasteiger partial charge in [0, 0.05) is 23.1 Å². The molecule has 0 unspecified atom stereocenters. The molecule has 0 bridgehead atoms. The Morgan fingerprint density at radius 1 is 1.53 bits per heavy atom. The highest BCUT2D eigenvalue weighted by Gasteiger charge is 2.27. The van der Waals surface area contributed by atoms with Crippen LogP contribution in [0.1, 0.15) is 17.3 Å². The van der Waals surface area contributed by atoms with Crippen LogP contribution in [-0.2, 0) is 0 Å². The van der Waals surface area contributed by atoms with E-state index in [-0.39, 0.29) is 5.91 Å². The van der Waals surface area contributed by atoms with Crippen LogP contribution in [0.15, 0.2) is 22.7 Å². The molecule has 1 aliphatic rings. The van der Waals surface area contributed by atoms with Crippen LogP contribution in [0.5, 0.6) is 0 Å². The van der Waals surface area contributed by atoms with Crippen LogP contribution in [0.4, 0.5) is 0 Å². The van der Waals surface area contributed by atoms with Gasteiger partial charge >= 0.3 is 0 Å². The van der Waals surface area contributed by atoms with E-state index >= 15 is 0 Å². The van der Waals surface area contributed by atoms with Gasteiger partial charge in [0.1, 0.15) is 0 Å². The topological polar surface area (TPSA) is 20.3 Å². The predicted octanol–water partition coefficient (Wildman–Crippen LogP) is 3.19. The van der Waals surface area contributed by atoms with E-state index in [4.69, 9.17) is 11.6 Å². The summed E-state index contributed by atoms with van der Waals surface area (Å²) in [5.74, 6) is 0.697. The van der Waals surface area contributed by atoms with Crippen LogP contribution in [0.3, 0.4) is 0 Å². The van der Waals surface area contributed by atoms with Crippen molar-refractivity contribution in [3.63, 3.8) is 0 Å². The molecule has 1 heterocycles. The number of halogens is 2. The Labute approximate surface area is 102 Å². The number of likely N-dealkylation sites (tertiary alicyclic amines) is 1. The minimum Gasteiger partial charge on any atom is -0.338 e. The number of rotatable bonds is 1. The summed E-state index contributed by atoms with van der Waals surface area (Å²) in [6, 6.07) is 5.30. The molecule has 0 N–H and O–H groups in total. The molecule has 0 saturated carbocycles. The fourth-order valence-electron chi connectivity index (χ4n) is 1.68. The van der Waals surface area contributed by atoms with Crippen LogP contribution >= 0.6 is 27.5 Å². The molecule has 1 fully saturated rings. The van der Waals surface area contributed by atoms with Crippen LogP contribution in [0.2, 0.25) is 5.02 Å². The molecule has 1 aliphatic heterocycles. The van der Waals surface area contributed by atoms with Crippen molar-refractivity contribution >= 4 is 33.4 Å². The van der Waals surface area contributed by atoms with E-state index in [1.54, 1.807) is 18.2 Å². The zero-order valence-electron chi connectivity index (χ0n) is 8.34. The summed E-state index contributed by atoms with van der Waals surface area (Å²) in [7, 11) is 0. The fraction of sp³-hybridized carbons (Fsp3) is 0.364. The number of hydrogen-bond acceptors (Lipinski definition) is 1. The first-order valence-electron chi connectivity index (χ1n) is 4.82. The molecule has 2 rings (SSSR count). The van der Waals surface area contributed by atoms with E-state index < -0.39 is 0 Å². The predicted molar refractivity (Wildman–Crippen MR) is 64.2 cm³/mol. The molecular weight excluding hydrogens is 277 g/mol. The zero-order valence-corrected chi connectivity index (χ0v) is 10.7. The van der Waals surface area contributed by atoms with Gasteiger partial charge in [0.15, 0.2) is 0 Å². The Morgan fingerprint density at radius 2 is 2.20 bits per heavy atom. The fourth-order valence-corrected chi connectivity index (χ4v) is 2.10. The summed E-state index contributed by atoms with van der Waals surface area (Å²) >= 11 is 9.23. The first-order valence-corrected chi connectivity index (χ1v) is 5.99. The van der Waals surface area contributed by atoms with Gasteiger partial charge in [0.05, 0.1) is 5.02 Å². The minimum atomic E-state index is 0.0718. The average molecular weight is 289 g/mol. The van der Waals surface area contributed by atoms with Gasteiger partial charge in [-0.1, -0.05) is 18.5 Å². The average Bonchev–Trinajstić information content (AvgIpc) is 2.16. The maximum absolute atomic E-state index is 11.9. The first-order chi connectivity index (χ1) is 7.08. The molecule has 1 amide bonds.